The van der Waals surface area contributed by atoms with Gasteiger partial charge in [0.25, 0.3) is 0 Å². The molecule has 0 amide bonds. The van der Waals surface area contributed by atoms with Gasteiger partial charge in [-0.05, 0) is 48.7 Å². The first-order valence-electron chi connectivity index (χ1n) is 9.40. The third kappa shape index (κ3) is 16.8. The Hall–Kier alpha value is 0.680. The SMILES string of the molecule is CC(C)CCCCC/C(C(=O)[O-])=C(\CCCCCC(C)C)C(=O)[O-].[Na+].[Na+]. The molecule has 0 aliphatic rings. The molecule has 0 saturated heterocycles. The van der Waals surface area contributed by atoms with Crippen LogP contribution >= 0.6 is 0 Å². The summed E-state index contributed by atoms with van der Waals surface area (Å²) in [5.41, 5.74) is -0.133. The monoisotopic (exact) mass is 384 g/mol. The second-order valence-corrected chi connectivity index (χ2v) is 7.52. The molecule has 140 valence electrons. The molecule has 6 heteroatoms. The molecular weight excluding hydrogens is 350 g/mol. The molecule has 26 heavy (non-hydrogen) atoms. The van der Waals surface area contributed by atoms with Gasteiger partial charge in [-0.1, -0.05) is 66.2 Å². The van der Waals surface area contributed by atoms with Crippen molar-refractivity contribution in [3.8, 4) is 0 Å². The Bertz CT molecular complexity index is 380. The molecule has 0 fully saturated rings. The predicted octanol–water partition coefficient (Wildman–Crippen LogP) is -3.00. The van der Waals surface area contributed by atoms with Gasteiger partial charge >= 0.3 is 59.1 Å². The summed E-state index contributed by atoms with van der Waals surface area (Å²) in [6.45, 7) is 8.61. The molecular formula is C20H34Na2O4. The Morgan fingerprint density at radius 3 is 1.15 bits per heavy atom. The average Bonchev–Trinajstić information content (AvgIpc) is 2.46. The summed E-state index contributed by atoms with van der Waals surface area (Å²) in [6, 6.07) is 0. The number of carbonyl (C=O) groups is 2. The Labute approximate surface area is 204 Å². The second kappa shape index (κ2) is 19.0. The van der Waals surface area contributed by atoms with Crippen molar-refractivity contribution in [1.82, 2.24) is 0 Å². The maximum Gasteiger partial charge on any atom is 1.00 e. The maximum absolute atomic E-state index is 11.3. The van der Waals surface area contributed by atoms with E-state index in [9.17, 15) is 19.8 Å². The number of carboxylic acid groups (broad SMARTS) is 2. The molecule has 0 atom stereocenters. The van der Waals surface area contributed by atoms with Crippen LogP contribution in [0.25, 0.3) is 0 Å². The topological polar surface area (TPSA) is 80.3 Å². The molecule has 0 aliphatic heterocycles. The van der Waals surface area contributed by atoms with Crippen LogP contribution in [0.5, 0.6) is 0 Å². The van der Waals surface area contributed by atoms with Crippen molar-refractivity contribution >= 4 is 11.9 Å². The first-order chi connectivity index (χ1) is 11.3. The normalized spacial score (nSPS) is 11.6. The van der Waals surface area contributed by atoms with E-state index in [1.165, 1.54) is 0 Å². The molecule has 0 aromatic heterocycles. The van der Waals surface area contributed by atoms with Crippen molar-refractivity contribution in [2.24, 2.45) is 11.8 Å². The number of hydrogen-bond acceptors (Lipinski definition) is 4. The molecule has 0 saturated carbocycles. The van der Waals surface area contributed by atoms with E-state index in [1.54, 1.807) is 0 Å². The smallest absolute Gasteiger partial charge is 0.545 e. The van der Waals surface area contributed by atoms with Crippen LogP contribution in [0.4, 0.5) is 0 Å². The van der Waals surface area contributed by atoms with Gasteiger partial charge < -0.3 is 19.8 Å². The van der Waals surface area contributed by atoms with Gasteiger partial charge in [0.05, 0.1) is 11.9 Å². The van der Waals surface area contributed by atoms with Gasteiger partial charge in [-0.25, -0.2) is 0 Å². The minimum absolute atomic E-state index is 0. The number of hydrogen-bond donors (Lipinski definition) is 0. The molecule has 0 N–H and O–H groups in total. The van der Waals surface area contributed by atoms with Crippen LogP contribution in [0.2, 0.25) is 0 Å². The van der Waals surface area contributed by atoms with Crippen molar-refractivity contribution < 1.29 is 78.9 Å². The van der Waals surface area contributed by atoms with E-state index < -0.39 is 11.9 Å². The maximum atomic E-state index is 11.3. The Morgan fingerprint density at radius 1 is 0.615 bits per heavy atom. The van der Waals surface area contributed by atoms with Crippen molar-refractivity contribution in [2.75, 3.05) is 0 Å². The van der Waals surface area contributed by atoms with Crippen LogP contribution in [0.3, 0.4) is 0 Å². The summed E-state index contributed by atoms with van der Waals surface area (Å²) < 4.78 is 0. The quantitative estimate of drug-likeness (QED) is 0.182. The summed E-state index contributed by atoms with van der Waals surface area (Å²) in [6.07, 6.45) is 7.97. The Morgan fingerprint density at radius 2 is 0.923 bits per heavy atom. The van der Waals surface area contributed by atoms with Crippen LogP contribution in [0.1, 0.15) is 91.9 Å². The molecule has 0 spiro atoms. The minimum atomic E-state index is -1.36. The van der Waals surface area contributed by atoms with E-state index in [-0.39, 0.29) is 83.1 Å². The van der Waals surface area contributed by atoms with Gasteiger partial charge in [0.1, 0.15) is 0 Å². The first kappa shape index (κ1) is 31.4. The molecule has 0 bridgehead atoms. The summed E-state index contributed by atoms with van der Waals surface area (Å²) in [5.74, 6) is -1.46. The molecule has 0 rings (SSSR count). The van der Waals surface area contributed by atoms with Crippen LogP contribution < -0.4 is 69.3 Å². The zero-order chi connectivity index (χ0) is 18.5. The molecule has 4 nitrogen and oxygen atoms in total. The van der Waals surface area contributed by atoms with Crippen molar-refractivity contribution in [2.45, 2.75) is 91.9 Å². The summed E-state index contributed by atoms with van der Waals surface area (Å²) in [5, 5.41) is 22.7. The van der Waals surface area contributed by atoms with Gasteiger partial charge in [-0.2, -0.15) is 0 Å². The number of aliphatic carboxylic acids is 2. The third-order valence-electron chi connectivity index (χ3n) is 4.27. The van der Waals surface area contributed by atoms with Gasteiger partial charge in [-0.3, -0.25) is 0 Å². The largest absolute Gasteiger partial charge is 1.00 e. The van der Waals surface area contributed by atoms with E-state index >= 15 is 0 Å². The summed E-state index contributed by atoms with van der Waals surface area (Å²) in [4.78, 5) is 22.7. The third-order valence-corrected chi connectivity index (χ3v) is 4.27. The molecule has 0 unspecified atom stereocenters. The average molecular weight is 384 g/mol. The van der Waals surface area contributed by atoms with Gasteiger partial charge in [0.15, 0.2) is 0 Å². The van der Waals surface area contributed by atoms with E-state index in [0.717, 1.165) is 38.5 Å². The van der Waals surface area contributed by atoms with Crippen LogP contribution in [0.15, 0.2) is 11.1 Å². The van der Waals surface area contributed by atoms with Crippen molar-refractivity contribution in [3.63, 3.8) is 0 Å². The fourth-order valence-electron chi connectivity index (χ4n) is 2.81. The summed E-state index contributed by atoms with van der Waals surface area (Å²) >= 11 is 0. The van der Waals surface area contributed by atoms with E-state index in [0.29, 0.717) is 24.7 Å². The second-order valence-electron chi connectivity index (χ2n) is 7.52. The number of rotatable bonds is 14. The molecule has 0 radical (unpaired) electrons. The number of carboxylic acids is 2. The Balaban J connectivity index is -0.00000264. The molecule has 0 aromatic carbocycles. The van der Waals surface area contributed by atoms with Gasteiger partial charge in [-0.15, -0.1) is 0 Å². The fraction of sp³-hybridized carbons (Fsp3) is 0.800. The zero-order valence-corrected chi connectivity index (χ0v) is 21.9. The minimum Gasteiger partial charge on any atom is -0.545 e. The molecule has 0 aromatic rings. The van der Waals surface area contributed by atoms with E-state index in [1.807, 2.05) is 0 Å². The van der Waals surface area contributed by atoms with Crippen LogP contribution in [-0.4, -0.2) is 11.9 Å². The number of unbranched alkanes of at least 4 members (excludes halogenated alkanes) is 4. The predicted molar refractivity (Wildman–Crippen MR) is 92.9 cm³/mol. The number of carbonyl (C=O) groups excluding carboxylic acids is 2. The zero-order valence-electron chi connectivity index (χ0n) is 17.9. The van der Waals surface area contributed by atoms with Gasteiger partial charge in [0.2, 0.25) is 0 Å². The molecule has 0 heterocycles. The van der Waals surface area contributed by atoms with E-state index in [4.69, 9.17) is 0 Å². The van der Waals surface area contributed by atoms with E-state index in [2.05, 4.69) is 27.7 Å². The Kier molecular flexibility index (Phi) is 22.9. The standard InChI is InChI=1S/C20H36O4.2Na/c1-15(2)11-7-5-9-13-17(19(21)22)18(20(23)24)14-10-6-8-12-16(3)4;;/h15-16H,5-14H2,1-4H3,(H,21,22)(H,23,24);;/q;2*+1/p-2/b18-17-;;. The van der Waals surface area contributed by atoms with Gasteiger partial charge in [0, 0.05) is 0 Å². The first-order valence-corrected chi connectivity index (χ1v) is 9.40. The van der Waals surface area contributed by atoms with Crippen molar-refractivity contribution in [3.05, 3.63) is 11.1 Å². The molecule has 0 aliphatic carbocycles. The fourth-order valence-corrected chi connectivity index (χ4v) is 2.81. The summed E-state index contributed by atoms with van der Waals surface area (Å²) in [7, 11) is 0. The van der Waals surface area contributed by atoms with Crippen LogP contribution in [0, 0.1) is 11.8 Å². The van der Waals surface area contributed by atoms with Crippen LogP contribution in [-0.2, 0) is 9.59 Å². The van der Waals surface area contributed by atoms with Crippen molar-refractivity contribution in [1.29, 1.82) is 0 Å².